The Morgan fingerprint density at radius 1 is 1.37 bits per heavy atom. The van der Waals surface area contributed by atoms with Crippen LogP contribution < -0.4 is 10.1 Å². The van der Waals surface area contributed by atoms with Gasteiger partial charge in [0.25, 0.3) is 0 Å². The van der Waals surface area contributed by atoms with Gasteiger partial charge in [0, 0.05) is 13.9 Å². The fourth-order valence-corrected chi connectivity index (χ4v) is 4.33. The first-order valence-corrected chi connectivity index (χ1v) is 8.60. The zero-order valence-corrected chi connectivity index (χ0v) is 14.8. The largest absolute Gasteiger partial charge is 0.491 e. The van der Waals surface area contributed by atoms with Crippen LogP contribution in [0.3, 0.4) is 0 Å². The minimum Gasteiger partial charge on any atom is -0.491 e. The zero-order valence-electron chi connectivity index (χ0n) is 10.9. The predicted molar refractivity (Wildman–Crippen MR) is 92.1 cm³/mol. The van der Waals surface area contributed by atoms with Crippen molar-refractivity contribution in [3.05, 3.63) is 15.2 Å². The molecular formula is C14H18INOS2. The van der Waals surface area contributed by atoms with Gasteiger partial charge in [-0.3, -0.25) is 0 Å². The van der Waals surface area contributed by atoms with Crippen LogP contribution in [0, 0.1) is 8.99 Å². The Kier molecular flexibility index (Phi) is 4.01. The molecule has 1 fully saturated rings. The van der Waals surface area contributed by atoms with Crippen molar-refractivity contribution in [1.29, 1.82) is 0 Å². The van der Waals surface area contributed by atoms with Crippen LogP contribution in [-0.4, -0.2) is 19.7 Å². The van der Waals surface area contributed by atoms with Crippen LogP contribution in [0.1, 0.15) is 31.2 Å². The molecule has 2 nitrogen and oxygen atoms in total. The second-order valence-electron chi connectivity index (χ2n) is 5.60. The Hall–Kier alpha value is 0.410. The maximum Gasteiger partial charge on any atom is 0.137 e. The van der Waals surface area contributed by atoms with Crippen molar-refractivity contribution in [1.82, 2.24) is 5.32 Å². The Labute approximate surface area is 139 Å². The molecule has 0 amide bonds. The van der Waals surface area contributed by atoms with Crippen LogP contribution >= 0.6 is 47.8 Å². The summed E-state index contributed by atoms with van der Waals surface area (Å²) in [6.45, 7) is 5.34. The highest BCUT2D eigenvalue weighted by molar-refractivity contribution is 14.1. The molecule has 2 aliphatic heterocycles. The molecule has 0 bridgehead atoms. The highest BCUT2D eigenvalue weighted by Crippen LogP contribution is 2.52. The normalized spacial score (nSPS) is 24.9. The molecule has 1 aromatic carbocycles. The van der Waals surface area contributed by atoms with Crippen molar-refractivity contribution < 1.29 is 4.74 Å². The maximum absolute atomic E-state index is 6.11. The van der Waals surface area contributed by atoms with E-state index in [0.717, 1.165) is 38.8 Å². The average molecular weight is 407 g/mol. The summed E-state index contributed by atoms with van der Waals surface area (Å²) in [6, 6.07) is 2.17. The quantitative estimate of drug-likeness (QED) is 0.450. The van der Waals surface area contributed by atoms with Crippen molar-refractivity contribution in [2.75, 3.05) is 19.7 Å². The zero-order chi connectivity index (χ0) is 13.6. The summed E-state index contributed by atoms with van der Waals surface area (Å²) in [4.78, 5) is 1.95. The summed E-state index contributed by atoms with van der Waals surface area (Å²) in [6.07, 6.45) is 2.37. The second kappa shape index (κ2) is 5.31. The SMILES string of the molecule is CC1c2cc(S)c(I)c(S)c2OCC12CCNCC2. The van der Waals surface area contributed by atoms with Crippen molar-refractivity contribution >= 4 is 47.8 Å². The number of hydrogen-bond donors (Lipinski definition) is 3. The minimum absolute atomic E-state index is 0.283. The highest BCUT2D eigenvalue weighted by atomic mass is 127. The van der Waals surface area contributed by atoms with Gasteiger partial charge in [0.1, 0.15) is 5.75 Å². The summed E-state index contributed by atoms with van der Waals surface area (Å²) in [7, 11) is 0. The lowest BCUT2D eigenvalue weighted by Crippen LogP contribution is -2.46. The van der Waals surface area contributed by atoms with Crippen molar-refractivity contribution in [2.45, 2.75) is 35.5 Å². The van der Waals surface area contributed by atoms with Crippen LogP contribution in [-0.2, 0) is 0 Å². The summed E-state index contributed by atoms with van der Waals surface area (Å²) in [5.74, 6) is 1.48. The summed E-state index contributed by atoms with van der Waals surface area (Å²) in [5, 5.41) is 3.45. The van der Waals surface area contributed by atoms with E-state index < -0.39 is 0 Å². The molecule has 3 rings (SSSR count). The molecule has 104 valence electrons. The average Bonchev–Trinajstić information content (AvgIpc) is 2.42. The minimum atomic E-state index is 0.283. The Balaban J connectivity index is 2.06. The Morgan fingerprint density at radius 2 is 2.05 bits per heavy atom. The van der Waals surface area contributed by atoms with Gasteiger partial charge in [-0.2, -0.15) is 0 Å². The van der Waals surface area contributed by atoms with Crippen LogP contribution in [0.5, 0.6) is 5.75 Å². The topological polar surface area (TPSA) is 21.3 Å². The number of nitrogens with one attached hydrogen (secondary N) is 1. The standard InChI is InChI=1S/C14H18INOS2/c1-8-9-6-10(18)11(15)13(19)12(9)17-7-14(8)2-4-16-5-3-14/h6,8,16,18-19H,2-5,7H2,1H3. The van der Waals surface area contributed by atoms with Gasteiger partial charge in [0.2, 0.25) is 0 Å². The number of ether oxygens (including phenoxy) is 1. The third kappa shape index (κ3) is 2.30. The lowest BCUT2D eigenvalue weighted by atomic mass is 9.66. The smallest absolute Gasteiger partial charge is 0.137 e. The van der Waals surface area contributed by atoms with E-state index in [0.29, 0.717) is 5.92 Å². The van der Waals surface area contributed by atoms with Crippen molar-refractivity contribution in [2.24, 2.45) is 5.41 Å². The van der Waals surface area contributed by atoms with Gasteiger partial charge in [0.15, 0.2) is 0 Å². The molecule has 1 aromatic rings. The lowest BCUT2D eigenvalue weighted by molar-refractivity contribution is 0.0567. The van der Waals surface area contributed by atoms with Crippen LogP contribution in [0.2, 0.25) is 0 Å². The monoisotopic (exact) mass is 407 g/mol. The molecule has 1 unspecified atom stereocenters. The fourth-order valence-electron chi connectivity index (χ4n) is 3.28. The summed E-state index contributed by atoms with van der Waals surface area (Å²) >= 11 is 11.5. The van der Waals surface area contributed by atoms with Gasteiger partial charge < -0.3 is 10.1 Å². The van der Waals surface area contributed by atoms with E-state index in [-0.39, 0.29) is 5.41 Å². The number of hydrogen-bond acceptors (Lipinski definition) is 4. The number of rotatable bonds is 0. The van der Waals surface area contributed by atoms with Gasteiger partial charge >= 0.3 is 0 Å². The van der Waals surface area contributed by atoms with E-state index in [4.69, 9.17) is 4.74 Å². The molecule has 1 saturated heterocycles. The fraction of sp³-hybridized carbons (Fsp3) is 0.571. The molecule has 1 spiro atoms. The number of fused-ring (bicyclic) bond motifs is 1. The third-order valence-electron chi connectivity index (χ3n) is 4.69. The van der Waals surface area contributed by atoms with E-state index in [1.165, 1.54) is 18.4 Å². The molecule has 19 heavy (non-hydrogen) atoms. The van der Waals surface area contributed by atoms with E-state index >= 15 is 0 Å². The van der Waals surface area contributed by atoms with Gasteiger partial charge in [-0.25, -0.2) is 0 Å². The number of piperidine rings is 1. The first-order valence-electron chi connectivity index (χ1n) is 6.63. The molecule has 0 saturated carbocycles. The van der Waals surface area contributed by atoms with Crippen LogP contribution in [0.4, 0.5) is 0 Å². The molecule has 2 aliphatic rings. The number of thiol groups is 2. The van der Waals surface area contributed by atoms with Crippen molar-refractivity contribution in [3.63, 3.8) is 0 Å². The molecule has 0 aliphatic carbocycles. The molecule has 0 radical (unpaired) electrons. The van der Waals surface area contributed by atoms with E-state index in [1.807, 2.05) is 0 Å². The third-order valence-corrected chi connectivity index (χ3v) is 7.44. The van der Waals surface area contributed by atoms with Crippen LogP contribution in [0.15, 0.2) is 15.9 Å². The van der Waals surface area contributed by atoms with E-state index in [9.17, 15) is 0 Å². The number of benzene rings is 1. The first kappa shape index (κ1) is 14.4. The first-order chi connectivity index (χ1) is 9.05. The summed E-state index contributed by atoms with van der Waals surface area (Å²) in [5.41, 5.74) is 1.56. The Morgan fingerprint density at radius 3 is 2.74 bits per heavy atom. The molecule has 5 heteroatoms. The van der Waals surface area contributed by atoms with Crippen LogP contribution in [0.25, 0.3) is 0 Å². The Bertz CT molecular complexity index is 515. The predicted octanol–water partition coefficient (Wildman–Crippen LogP) is 3.73. The number of halogens is 1. The van der Waals surface area contributed by atoms with Gasteiger partial charge in [-0.05, 0) is 66.1 Å². The molecule has 1 atom stereocenters. The molecule has 1 N–H and O–H groups in total. The summed E-state index contributed by atoms with van der Waals surface area (Å²) < 4.78 is 7.19. The van der Waals surface area contributed by atoms with E-state index in [1.54, 1.807) is 0 Å². The molecule has 2 heterocycles. The van der Waals surface area contributed by atoms with E-state index in [2.05, 4.69) is 66.2 Å². The second-order valence-corrected chi connectivity index (χ2v) is 7.61. The highest BCUT2D eigenvalue weighted by Gasteiger charge is 2.43. The van der Waals surface area contributed by atoms with Crippen molar-refractivity contribution in [3.8, 4) is 5.75 Å². The van der Waals surface area contributed by atoms with Gasteiger partial charge in [-0.15, -0.1) is 25.3 Å². The molecule has 0 aromatic heterocycles. The lowest BCUT2D eigenvalue weighted by Gasteiger charge is -2.46. The maximum atomic E-state index is 6.11. The van der Waals surface area contributed by atoms with Gasteiger partial charge in [-0.1, -0.05) is 6.92 Å². The van der Waals surface area contributed by atoms with Gasteiger partial charge in [0.05, 0.1) is 11.5 Å². The molecular weight excluding hydrogens is 389 g/mol.